The van der Waals surface area contributed by atoms with Gasteiger partial charge in [-0.15, -0.1) is 21.5 Å². The number of benzene rings is 1. The summed E-state index contributed by atoms with van der Waals surface area (Å²) in [5.41, 5.74) is 1.12. The summed E-state index contributed by atoms with van der Waals surface area (Å²) >= 11 is 2.85. The summed E-state index contributed by atoms with van der Waals surface area (Å²) < 4.78 is 5.98. The summed E-state index contributed by atoms with van der Waals surface area (Å²) in [4.78, 5) is 7.64. The maximum absolute atomic E-state index is 10.4. The van der Waals surface area contributed by atoms with Gasteiger partial charge in [-0.1, -0.05) is 35.4 Å². The van der Waals surface area contributed by atoms with Gasteiger partial charge >= 0.3 is 0 Å². The number of nitrogens with zero attached hydrogens (tertiary/aromatic N) is 6. The van der Waals surface area contributed by atoms with Crippen LogP contribution in [0.2, 0.25) is 0 Å². The van der Waals surface area contributed by atoms with Crippen molar-refractivity contribution in [1.29, 1.82) is 0 Å². The number of anilines is 2. The van der Waals surface area contributed by atoms with E-state index in [1.165, 1.54) is 11.3 Å². The second-order valence-electron chi connectivity index (χ2n) is 7.28. The maximum atomic E-state index is 10.4. The maximum Gasteiger partial charge on any atom is 0.296 e. The molecule has 1 saturated heterocycles. The van der Waals surface area contributed by atoms with Gasteiger partial charge in [-0.25, -0.2) is 4.98 Å². The minimum atomic E-state index is -0.816. The molecule has 0 spiro atoms. The Labute approximate surface area is 192 Å². The van der Waals surface area contributed by atoms with Crippen LogP contribution in [0.1, 0.15) is 11.4 Å². The van der Waals surface area contributed by atoms with E-state index < -0.39 is 6.23 Å². The number of rotatable bonds is 8. The van der Waals surface area contributed by atoms with Crippen LogP contribution in [0.15, 0.2) is 54.9 Å². The van der Waals surface area contributed by atoms with Gasteiger partial charge in [0.05, 0.1) is 16.4 Å². The Kier molecular flexibility index (Phi) is 6.19. The van der Waals surface area contributed by atoms with Crippen molar-refractivity contribution in [2.75, 3.05) is 23.3 Å². The van der Waals surface area contributed by atoms with Crippen molar-refractivity contribution in [2.24, 2.45) is 0 Å². The summed E-state index contributed by atoms with van der Waals surface area (Å²) in [5.74, 6) is 0.846. The molecule has 1 aliphatic rings. The number of nitrogens with one attached hydrogen (secondary N) is 1. The second-order valence-corrected chi connectivity index (χ2v) is 9.33. The van der Waals surface area contributed by atoms with Crippen molar-refractivity contribution in [3.8, 4) is 15.6 Å². The van der Waals surface area contributed by atoms with E-state index in [1.807, 2.05) is 48.7 Å². The molecular formula is C21H21N7O2S2. The van der Waals surface area contributed by atoms with Crippen LogP contribution < -0.4 is 15.0 Å². The van der Waals surface area contributed by atoms with Crippen LogP contribution in [-0.2, 0) is 6.42 Å². The number of aliphatic hydroxyl groups excluding tert-OH is 1. The van der Waals surface area contributed by atoms with E-state index in [-0.39, 0.29) is 6.10 Å². The summed E-state index contributed by atoms with van der Waals surface area (Å²) in [6.45, 7) is 1.57. The van der Waals surface area contributed by atoms with Gasteiger partial charge in [0.1, 0.15) is 12.3 Å². The van der Waals surface area contributed by atoms with Crippen LogP contribution in [0, 0.1) is 0 Å². The van der Waals surface area contributed by atoms with Crippen LogP contribution in [-0.4, -0.2) is 55.9 Å². The fraction of sp³-hybridized carbons (Fsp3) is 0.286. The van der Waals surface area contributed by atoms with Gasteiger partial charge in [-0.3, -0.25) is 0 Å². The van der Waals surface area contributed by atoms with Gasteiger partial charge in [-0.2, -0.15) is 5.10 Å². The quantitative estimate of drug-likeness (QED) is 0.378. The molecule has 0 aliphatic carbocycles. The van der Waals surface area contributed by atoms with Crippen LogP contribution in [0.5, 0.6) is 5.19 Å². The first-order valence-corrected chi connectivity index (χ1v) is 11.8. The van der Waals surface area contributed by atoms with Crippen LogP contribution in [0.4, 0.5) is 10.9 Å². The zero-order valence-electron chi connectivity index (χ0n) is 17.0. The molecule has 4 aromatic rings. The average molecular weight is 468 g/mol. The first-order valence-electron chi connectivity index (χ1n) is 10.2. The highest BCUT2D eigenvalue weighted by molar-refractivity contribution is 7.17. The van der Waals surface area contributed by atoms with Gasteiger partial charge in [0.2, 0.25) is 5.13 Å². The Morgan fingerprint density at radius 1 is 1.12 bits per heavy atom. The van der Waals surface area contributed by atoms with E-state index in [4.69, 9.17) is 4.74 Å². The largest absolute Gasteiger partial charge is 0.464 e. The molecule has 32 heavy (non-hydrogen) atoms. The molecule has 1 unspecified atom stereocenters. The van der Waals surface area contributed by atoms with Gasteiger partial charge in [0.25, 0.3) is 5.19 Å². The van der Waals surface area contributed by atoms with Crippen LogP contribution in [0.25, 0.3) is 10.4 Å². The molecule has 3 aromatic heterocycles. The number of hydrogen-bond acceptors (Lipinski definition) is 11. The second kappa shape index (κ2) is 9.55. The normalized spacial score (nSPS) is 16.8. The average Bonchev–Trinajstić information content (AvgIpc) is 3.57. The topological polar surface area (TPSA) is 109 Å². The Morgan fingerprint density at radius 3 is 2.88 bits per heavy atom. The first-order chi connectivity index (χ1) is 15.7. The van der Waals surface area contributed by atoms with E-state index in [9.17, 15) is 5.11 Å². The van der Waals surface area contributed by atoms with E-state index in [0.29, 0.717) is 16.7 Å². The lowest BCUT2D eigenvalue weighted by Gasteiger charge is -2.16. The molecule has 11 heteroatoms. The standard InChI is InChI=1S/C21H21N7O2S2/c29-18(11-19-22-12-16(31-19)14-5-2-1-3-6-14)24-20-26-27-21(32-20)30-15-8-10-28(13-15)17-7-4-9-23-25-17/h1-7,9,12,15,18,29H,8,10-11,13H2,(H,24,26)/t15-,18?/m1/s1. The molecule has 9 nitrogen and oxygen atoms in total. The molecule has 2 N–H and O–H groups in total. The lowest BCUT2D eigenvalue weighted by Crippen LogP contribution is -2.25. The molecule has 1 aromatic carbocycles. The fourth-order valence-corrected chi connectivity index (χ4v) is 5.12. The highest BCUT2D eigenvalue weighted by Crippen LogP contribution is 2.29. The first kappa shape index (κ1) is 20.7. The SMILES string of the molecule is OC(Cc1ncc(-c2ccccc2)s1)Nc1nnc(O[C@@H]2CCN(c3cccnn3)C2)s1. The molecular weight excluding hydrogens is 446 g/mol. The third kappa shape index (κ3) is 5.01. The van der Waals surface area contributed by atoms with Crippen molar-refractivity contribution in [3.05, 3.63) is 59.9 Å². The molecule has 1 aliphatic heterocycles. The lowest BCUT2D eigenvalue weighted by molar-refractivity contribution is 0.204. The van der Waals surface area contributed by atoms with Crippen molar-refractivity contribution in [3.63, 3.8) is 0 Å². The van der Waals surface area contributed by atoms with E-state index in [1.54, 1.807) is 17.5 Å². The van der Waals surface area contributed by atoms with E-state index in [2.05, 4.69) is 35.6 Å². The molecule has 4 heterocycles. The molecule has 5 rings (SSSR count). The van der Waals surface area contributed by atoms with E-state index >= 15 is 0 Å². The number of aromatic nitrogens is 5. The Hall–Kier alpha value is -3.15. The van der Waals surface area contributed by atoms with Crippen molar-refractivity contribution in [1.82, 2.24) is 25.4 Å². The molecule has 164 valence electrons. The number of aliphatic hydroxyl groups is 1. The fourth-order valence-electron chi connectivity index (χ4n) is 3.45. The Bertz CT molecular complexity index is 1140. The molecule has 1 fully saturated rings. The number of hydrogen-bond donors (Lipinski definition) is 2. The van der Waals surface area contributed by atoms with Crippen molar-refractivity contribution < 1.29 is 9.84 Å². The van der Waals surface area contributed by atoms with Crippen molar-refractivity contribution >= 4 is 33.6 Å². The highest BCUT2D eigenvalue weighted by Gasteiger charge is 2.26. The molecule has 0 radical (unpaired) electrons. The minimum absolute atomic E-state index is 0.00876. The molecule has 2 atom stereocenters. The van der Waals surface area contributed by atoms with Crippen molar-refractivity contribution in [2.45, 2.75) is 25.2 Å². The molecule has 0 amide bonds. The zero-order valence-corrected chi connectivity index (χ0v) is 18.7. The van der Waals surface area contributed by atoms with E-state index in [0.717, 1.165) is 40.8 Å². The smallest absolute Gasteiger partial charge is 0.296 e. The Morgan fingerprint density at radius 2 is 2.03 bits per heavy atom. The monoisotopic (exact) mass is 467 g/mol. The molecule has 0 saturated carbocycles. The van der Waals surface area contributed by atoms with Gasteiger partial charge in [-0.05, 0) is 29.0 Å². The highest BCUT2D eigenvalue weighted by atomic mass is 32.1. The number of thiazole rings is 1. The third-order valence-electron chi connectivity index (χ3n) is 4.97. The van der Waals surface area contributed by atoms with Gasteiger partial charge in [0.15, 0.2) is 5.82 Å². The zero-order chi connectivity index (χ0) is 21.8. The lowest BCUT2D eigenvalue weighted by atomic mass is 10.2. The summed E-state index contributed by atoms with van der Waals surface area (Å²) in [6, 6.07) is 13.9. The van der Waals surface area contributed by atoms with Gasteiger partial charge in [0, 0.05) is 31.8 Å². The summed E-state index contributed by atoms with van der Waals surface area (Å²) in [6.07, 6.45) is 3.94. The predicted octanol–water partition coefficient (Wildman–Crippen LogP) is 3.08. The summed E-state index contributed by atoms with van der Waals surface area (Å²) in [5, 5.41) is 31.5. The van der Waals surface area contributed by atoms with Crippen LogP contribution in [0.3, 0.4) is 0 Å². The Balaban J connectivity index is 1.12. The third-order valence-corrected chi connectivity index (χ3v) is 6.79. The van der Waals surface area contributed by atoms with Gasteiger partial charge < -0.3 is 20.1 Å². The predicted molar refractivity (Wildman–Crippen MR) is 124 cm³/mol. The van der Waals surface area contributed by atoms with Crippen LogP contribution >= 0.6 is 22.7 Å². The summed E-state index contributed by atoms with van der Waals surface area (Å²) in [7, 11) is 0. The minimum Gasteiger partial charge on any atom is -0.464 e. The molecule has 0 bridgehead atoms. The number of ether oxygens (including phenoxy) is 1.